The van der Waals surface area contributed by atoms with Crippen molar-refractivity contribution in [2.45, 2.75) is 52.1 Å². The molecular formula is C17H27ClN2O2. The molecule has 0 radical (unpaired) electrons. The van der Waals surface area contributed by atoms with Crippen molar-refractivity contribution in [3.63, 3.8) is 0 Å². The summed E-state index contributed by atoms with van der Waals surface area (Å²) in [5.74, 6) is 1.50. The number of benzene rings is 1. The maximum atomic E-state index is 11.9. The fourth-order valence-corrected chi connectivity index (χ4v) is 2.19. The van der Waals surface area contributed by atoms with Gasteiger partial charge in [0.1, 0.15) is 5.75 Å². The zero-order valence-electron chi connectivity index (χ0n) is 13.4. The second kappa shape index (κ2) is 9.01. The highest BCUT2D eigenvalue weighted by Gasteiger charge is 2.22. The molecule has 1 atom stereocenters. The van der Waals surface area contributed by atoms with Gasteiger partial charge in [-0.1, -0.05) is 25.5 Å². The van der Waals surface area contributed by atoms with Crippen LogP contribution in [0.3, 0.4) is 0 Å². The first kappa shape index (κ1) is 18.8. The standard InChI is InChI=1S/C17H26N2O2.ClH/c1-3-4-15(18)17(20)19-10-14-8-5-12(2)9-16(14)21-11-13-6-7-13;/h5,8-9,13,15H,3-4,6-7,10-11,18H2,1-2H3,(H,19,20);1H. The van der Waals surface area contributed by atoms with Gasteiger partial charge in [-0.2, -0.15) is 0 Å². The fourth-order valence-electron chi connectivity index (χ4n) is 2.19. The van der Waals surface area contributed by atoms with E-state index in [9.17, 15) is 4.79 Å². The van der Waals surface area contributed by atoms with E-state index in [1.807, 2.05) is 32.0 Å². The second-order valence-corrected chi connectivity index (χ2v) is 5.98. The van der Waals surface area contributed by atoms with Crippen LogP contribution in [0.5, 0.6) is 5.75 Å². The lowest BCUT2D eigenvalue weighted by atomic mass is 10.1. The zero-order chi connectivity index (χ0) is 15.2. The number of halogens is 1. The van der Waals surface area contributed by atoms with Crippen molar-refractivity contribution < 1.29 is 9.53 Å². The summed E-state index contributed by atoms with van der Waals surface area (Å²) in [5, 5.41) is 2.90. The van der Waals surface area contributed by atoms with Crippen molar-refractivity contribution in [1.82, 2.24) is 5.32 Å². The highest BCUT2D eigenvalue weighted by molar-refractivity contribution is 5.85. The molecule has 2 rings (SSSR count). The zero-order valence-corrected chi connectivity index (χ0v) is 14.2. The Hall–Kier alpha value is -1.26. The van der Waals surface area contributed by atoms with Crippen molar-refractivity contribution in [2.75, 3.05) is 6.61 Å². The molecule has 0 heterocycles. The predicted octanol–water partition coefficient (Wildman–Crippen LogP) is 2.95. The van der Waals surface area contributed by atoms with Crippen molar-refractivity contribution >= 4 is 18.3 Å². The molecule has 1 aromatic rings. The van der Waals surface area contributed by atoms with Crippen LogP contribution in [0, 0.1) is 12.8 Å². The van der Waals surface area contributed by atoms with Gasteiger partial charge in [-0.3, -0.25) is 4.79 Å². The molecule has 1 fully saturated rings. The molecule has 1 aliphatic carbocycles. The van der Waals surface area contributed by atoms with Gasteiger partial charge in [-0.15, -0.1) is 12.4 Å². The highest BCUT2D eigenvalue weighted by atomic mass is 35.5. The first-order valence-electron chi connectivity index (χ1n) is 7.85. The average molecular weight is 327 g/mol. The quantitative estimate of drug-likeness (QED) is 0.772. The Kier molecular flexibility index (Phi) is 7.69. The van der Waals surface area contributed by atoms with E-state index in [0.29, 0.717) is 18.9 Å². The number of rotatable bonds is 8. The molecule has 22 heavy (non-hydrogen) atoms. The molecule has 0 aliphatic heterocycles. The third kappa shape index (κ3) is 5.85. The van der Waals surface area contributed by atoms with E-state index >= 15 is 0 Å². The summed E-state index contributed by atoms with van der Waals surface area (Å²) >= 11 is 0. The monoisotopic (exact) mass is 326 g/mol. The molecule has 1 aromatic carbocycles. The molecule has 0 saturated heterocycles. The van der Waals surface area contributed by atoms with E-state index in [1.54, 1.807) is 0 Å². The molecule has 1 unspecified atom stereocenters. The smallest absolute Gasteiger partial charge is 0.237 e. The van der Waals surface area contributed by atoms with Gasteiger partial charge in [-0.05, 0) is 43.7 Å². The van der Waals surface area contributed by atoms with Crippen LogP contribution in [0.1, 0.15) is 43.7 Å². The van der Waals surface area contributed by atoms with Crippen LogP contribution >= 0.6 is 12.4 Å². The normalized spacial score (nSPS) is 14.9. The fraction of sp³-hybridized carbons (Fsp3) is 0.588. The largest absolute Gasteiger partial charge is 0.493 e. The Balaban J connectivity index is 0.00000242. The molecule has 124 valence electrons. The van der Waals surface area contributed by atoms with Crippen LogP contribution < -0.4 is 15.8 Å². The molecule has 1 amide bonds. The minimum Gasteiger partial charge on any atom is -0.493 e. The van der Waals surface area contributed by atoms with E-state index in [-0.39, 0.29) is 18.3 Å². The van der Waals surface area contributed by atoms with Gasteiger partial charge in [0.2, 0.25) is 5.91 Å². The number of amides is 1. The Morgan fingerprint density at radius 3 is 2.82 bits per heavy atom. The van der Waals surface area contributed by atoms with Crippen LogP contribution in [0.4, 0.5) is 0 Å². The van der Waals surface area contributed by atoms with Crippen LogP contribution in [-0.2, 0) is 11.3 Å². The number of nitrogens with two attached hydrogens (primary N) is 1. The topological polar surface area (TPSA) is 64.4 Å². The molecule has 3 N–H and O–H groups in total. The number of hydrogen-bond acceptors (Lipinski definition) is 3. The Bertz CT molecular complexity index is 490. The first-order chi connectivity index (χ1) is 10.1. The van der Waals surface area contributed by atoms with Gasteiger partial charge >= 0.3 is 0 Å². The van der Waals surface area contributed by atoms with E-state index in [0.717, 1.165) is 24.3 Å². The SMILES string of the molecule is CCCC(N)C(=O)NCc1ccc(C)cc1OCC1CC1.Cl. The average Bonchev–Trinajstić information content (AvgIpc) is 3.28. The summed E-state index contributed by atoms with van der Waals surface area (Å²) in [5.41, 5.74) is 8.00. The Labute approximate surface area is 139 Å². The summed E-state index contributed by atoms with van der Waals surface area (Å²) in [7, 11) is 0. The van der Waals surface area contributed by atoms with Crippen molar-refractivity contribution in [3.05, 3.63) is 29.3 Å². The van der Waals surface area contributed by atoms with Gasteiger partial charge in [0.05, 0.1) is 12.6 Å². The maximum Gasteiger partial charge on any atom is 0.237 e. The molecule has 1 aliphatic rings. The molecule has 0 bridgehead atoms. The molecule has 1 saturated carbocycles. The maximum absolute atomic E-state index is 11.9. The summed E-state index contributed by atoms with van der Waals surface area (Å²) in [4.78, 5) is 11.9. The van der Waals surface area contributed by atoms with Gasteiger partial charge < -0.3 is 15.8 Å². The molecule has 0 spiro atoms. The van der Waals surface area contributed by atoms with Gasteiger partial charge in [0.25, 0.3) is 0 Å². The summed E-state index contributed by atoms with van der Waals surface area (Å²) in [6.07, 6.45) is 4.16. The van der Waals surface area contributed by atoms with Crippen LogP contribution in [-0.4, -0.2) is 18.6 Å². The molecular weight excluding hydrogens is 300 g/mol. The third-order valence-corrected chi connectivity index (χ3v) is 3.78. The van der Waals surface area contributed by atoms with Crippen LogP contribution in [0.25, 0.3) is 0 Å². The van der Waals surface area contributed by atoms with Crippen molar-refractivity contribution in [2.24, 2.45) is 11.7 Å². The first-order valence-corrected chi connectivity index (χ1v) is 7.85. The predicted molar refractivity (Wildman–Crippen MR) is 91.4 cm³/mol. The van der Waals surface area contributed by atoms with Crippen LogP contribution in [0.15, 0.2) is 18.2 Å². The van der Waals surface area contributed by atoms with Crippen molar-refractivity contribution in [3.8, 4) is 5.75 Å². The van der Waals surface area contributed by atoms with E-state index in [4.69, 9.17) is 10.5 Å². The summed E-state index contributed by atoms with van der Waals surface area (Å²) in [6.45, 7) is 5.32. The van der Waals surface area contributed by atoms with E-state index in [2.05, 4.69) is 5.32 Å². The second-order valence-electron chi connectivity index (χ2n) is 5.98. The molecule has 0 aromatic heterocycles. The van der Waals surface area contributed by atoms with Gasteiger partial charge in [0.15, 0.2) is 0 Å². The number of carbonyl (C=O) groups is 1. The van der Waals surface area contributed by atoms with Crippen LogP contribution in [0.2, 0.25) is 0 Å². The minimum absolute atomic E-state index is 0. The summed E-state index contributed by atoms with van der Waals surface area (Å²) in [6, 6.07) is 5.67. The summed E-state index contributed by atoms with van der Waals surface area (Å²) < 4.78 is 5.90. The van der Waals surface area contributed by atoms with E-state index < -0.39 is 6.04 Å². The molecule has 4 nitrogen and oxygen atoms in total. The number of ether oxygens (including phenoxy) is 1. The van der Waals surface area contributed by atoms with Gasteiger partial charge in [-0.25, -0.2) is 0 Å². The Morgan fingerprint density at radius 2 is 2.18 bits per heavy atom. The third-order valence-electron chi connectivity index (χ3n) is 3.78. The Morgan fingerprint density at radius 1 is 1.45 bits per heavy atom. The minimum atomic E-state index is -0.420. The lowest BCUT2D eigenvalue weighted by molar-refractivity contribution is -0.122. The number of nitrogens with one attached hydrogen (secondary N) is 1. The number of hydrogen-bond donors (Lipinski definition) is 2. The van der Waals surface area contributed by atoms with Gasteiger partial charge in [0, 0.05) is 12.1 Å². The highest BCUT2D eigenvalue weighted by Crippen LogP contribution is 2.30. The van der Waals surface area contributed by atoms with E-state index in [1.165, 1.54) is 18.4 Å². The lowest BCUT2D eigenvalue weighted by Crippen LogP contribution is -2.40. The number of aryl methyl sites for hydroxylation is 1. The lowest BCUT2D eigenvalue weighted by Gasteiger charge is -2.15. The van der Waals surface area contributed by atoms with Crippen molar-refractivity contribution in [1.29, 1.82) is 0 Å². The molecule has 5 heteroatoms. The number of carbonyl (C=O) groups excluding carboxylic acids is 1.